The molecule has 0 amide bonds. The van der Waals surface area contributed by atoms with Crippen LogP contribution in [0.1, 0.15) is 22.8 Å². The topological polar surface area (TPSA) is 62.4 Å². The largest absolute Gasteiger partial charge is 0.387 e. The summed E-state index contributed by atoms with van der Waals surface area (Å²) in [5, 5.41) is 10.2. The Balaban J connectivity index is 1.80. The average Bonchev–Trinajstić information content (AvgIpc) is 2.42. The second kappa shape index (κ2) is 4.99. The van der Waals surface area contributed by atoms with Crippen LogP contribution in [0.4, 0.5) is 5.82 Å². The highest BCUT2D eigenvalue weighted by Gasteiger charge is 2.23. The normalized spacial score (nSPS) is 19.1. The maximum atomic E-state index is 10.2. The van der Waals surface area contributed by atoms with Crippen molar-refractivity contribution in [2.45, 2.75) is 19.2 Å². The predicted octanol–water partition coefficient (Wildman–Crippen LogP) is 1.71. The number of aliphatic hydroxyl groups excluding tert-OH is 1. The fourth-order valence-corrected chi connectivity index (χ4v) is 2.60. The van der Waals surface area contributed by atoms with Crippen LogP contribution in [0.5, 0.6) is 0 Å². The second-order valence-corrected chi connectivity index (χ2v) is 4.93. The maximum Gasteiger partial charge on any atom is 0.127 e. The van der Waals surface area contributed by atoms with E-state index in [-0.39, 0.29) is 0 Å². The standard InChI is InChI=1S/C15H17N3O/c16-15-12(5-3-7-17-15)9-18-8-11-4-1-2-6-13(11)14(19)10-18/h1-7,14,19H,8-10H2,(H2,16,17). The SMILES string of the molecule is Nc1ncccc1CN1Cc2ccccc2C(O)C1. The van der Waals surface area contributed by atoms with E-state index >= 15 is 0 Å². The summed E-state index contributed by atoms with van der Waals surface area (Å²) in [6, 6.07) is 11.9. The van der Waals surface area contributed by atoms with E-state index < -0.39 is 6.10 Å². The summed E-state index contributed by atoms with van der Waals surface area (Å²) < 4.78 is 0. The van der Waals surface area contributed by atoms with Crippen LogP contribution in [0.15, 0.2) is 42.6 Å². The molecule has 1 unspecified atom stereocenters. The van der Waals surface area contributed by atoms with Gasteiger partial charge in [0.15, 0.2) is 0 Å². The Morgan fingerprint density at radius 2 is 2.11 bits per heavy atom. The summed E-state index contributed by atoms with van der Waals surface area (Å²) in [5.41, 5.74) is 9.10. The Bertz CT molecular complexity index is 585. The fourth-order valence-electron chi connectivity index (χ4n) is 2.60. The number of nitrogens with two attached hydrogens (primary N) is 1. The summed E-state index contributed by atoms with van der Waals surface area (Å²) in [6.07, 6.45) is 1.27. The highest BCUT2D eigenvalue weighted by molar-refractivity contribution is 5.38. The molecule has 98 valence electrons. The predicted molar refractivity (Wildman–Crippen MR) is 74.2 cm³/mol. The summed E-state index contributed by atoms with van der Waals surface area (Å²) >= 11 is 0. The number of anilines is 1. The van der Waals surface area contributed by atoms with Gasteiger partial charge in [-0.15, -0.1) is 0 Å². The Kier molecular flexibility index (Phi) is 3.19. The third-order valence-corrected chi connectivity index (χ3v) is 3.56. The molecule has 19 heavy (non-hydrogen) atoms. The third-order valence-electron chi connectivity index (χ3n) is 3.56. The molecule has 2 aromatic rings. The molecule has 3 N–H and O–H groups in total. The molecule has 0 saturated heterocycles. The summed E-state index contributed by atoms with van der Waals surface area (Å²) in [4.78, 5) is 6.29. The number of β-amino-alcohol motifs (C(OH)–C–C–N with tert-alkyl or cyclic N) is 1. The molecule has 0 radical (unpaired) electrons. The van der Waals surface area contributed by atoms with Gasteiger partial charge in [0.05, 0.1) is 6.10 Å². The fraction of sp³-hybridized carbons (Fsp3) is 0.267. The van der Waals surface area contributed by atoms with Crippen LogP contribution in [0.2, 0.25) is 0 Å². The van der Waals surface area contributed by atoms with Crippen molar-refractivity contribution in [3.8, 4) is 0 Å². The molecule has 0 aliphatic carbocycles. The molecule has 4 heteroatoms. The lowest BCUT2D eigenvalue weighted by molar-refractivity contribution is 0.0883. The zero-order valence-electron chi connectivity index (χ0n) is 10.7. The maximum absolute atomic E-state index is 10.2. The van der Waals surface area contributed by atoms with E-state index in [0.29, 0.717) is 18.9 Å². The molecule has 1 aliphatic rings. The number of hydrogen-bond donors (Lipinski definition) is 2. The lowest BCUT2D eigenvalue weighted by atomic mass is 9.97. The van der Waals surface area contributed by atoms with Crippen LogP contribution in [-0.4, -0.2) is 21.5 Å². The van der Waals surface area contributed by atoms with E-state index in [2.05, 4.69) is 16.0 Å². The number of pyridine rings is 1. The second-order valence-electron chi connectivity index (χ2n) is 4.93. The minimum absolute atomic E-state index is 0.428. The molecule has 1 aromatic carbocycles. The van der Waals surface area contributed by atoms with Gasteiger partial charge in [0, 0.05) is 31.4 Å². The zero-order valence-corrected chi connectivity index (χ0v) is 10.7. The zero-order chi connectivity index (χ0) is 13.2. The van der Waals surface area contributed by atoms with E-state index in [1.165, 1.54) is 5.56 Å². The van der Waals surface area contributed by atoms with Crippen LogP contribution < -0.4 is 5.73 Å². The van der Waals surface area contributed by atoms with Crippen LogP contribution in [0.3, 0.4) is 0 Å². The van der Waals surface area contributed by atoms with E-state index in [1.807, 2.05) is 30.3 Å². The Morgan fingerprint density at radius 3 is 2.95 bits per heavy atom. The van der Waals surface area contributed by atoms with Crippen LogP contribution in [0.25, 0.3) is 0 Å². The summed E-state index contributed by atoms with van der Waals surface area (Å²) in [6.45, 7) is 2.18. The number of nitrogen functional groups attached to an aromatic ring is 1. The number of fused-ring (bicyclic) bond motifs is 1. The first kappa shape index (κ1) is 12.1. The van der Waals surface area contributed by atoms with Gasteiger partial charge in [-0.3, -0.25) is 4.90 Å². The molecular formula is C15H17N3O. The Morgan fingerprint density at radius 1 is 1.26 bits per heavy atom. The Labute approximate surface area is 112 Å². The van der Waals surface area contributed by atoms with Crippen molar-refractivity contribution in [2.24, 2.45) is 0 Å². The van der Waals surface area contributed by atoms with Gasteiger partial charge in [-0.1, -0.05) is 30.3 Å². The first-order valence-corrected chi connectivity index (χ1v) is 6.41. The highest BCUT2D eigenvalue weighted by atomic mass is 16.3. The molecule has 0 fully saturated rings. The molecule has 2 heterocycles. The monoisotopic (exact) mass is 255 g/mol. The minimum atomic E-state index is -0.428. The van der Waals surface area contributed by atoms with Gasteiger partial charge in [-0.25, -0.2) is 4.98 Å². The molecule has 3 rings (SSSR count). The number of aliphatic hydroxyl groups is 1. The molecular weight excluding hydrogens is 238 g/mol. The quantitative estimate of drug-likeness (QED) is 0.857. The molecule has 1 atom stereocenters. The molecule has 1 aromatic heterocycles. The van der Waals surface area contributed by atoms with Gasteiger partial charge in [0.1, 0.15) is 5.82 Å². The number of hydrogen-bond acceptors (Lipinski definition) is 4. The van der Waals surface area contributed by atoms with E-state index in [1.54, 1.807) is 6.20 Å². The van der Waals surface area contributed by atoms with Crippen molar-refractivity contribution >= 4 is 5.82 Å². The average molecular weight is 255 g/mol. The van der Waals surface area contributed by atoms with Crippen LogP contribution in [0, 0.1) is 0 Å². The molecule has 1 aliphatic heterocycles. The molecule has 0 bridgehead atoms. The lowest BCUT2D eigenvalue weighted by Crippen LogP contribution is -2.33. The molecule has 4 nitrogen and oxygen atoms in total. The van der Waals surface area contributed by atoms with Crippen molar-refractivity contribution < 1.29 is 5.11 Å². The lowest BCUT2D eigenvalue weighted by Gasteiger charge is -2.32. The highest BCUT2D eigenvalue weighted by Crippen LogP contribution is 2.27. The van der Waals surface area contributed by atoms with Crippen molar-refractivity contribution in [1.29, 1.82) is 0 Å². The Hall–Kier alpha value is -1.91. The van der Waals surface area contributed by atoms with Gasteiger partial charge in [0.25, 0.3) is 0 Å². The third kappa shape index (κ3) is 2.45. The van der Waals surface area contributed by atoms with E-state index in [0.717, 1.165) is 17.7 Å². The van der Waals surface area contributed by atoms with Crippen molar-refractivity contribution in [3.05, 3.63) is 59.3 Å². The van der Waals surface area contributed by atoms with Crippen molar-refractivity contribution in [1.82, 2.24) is 9.88 Å². The van der Waals surface area contributed by atoms with Gasteiger partial charge < -0.3 is 10.8 Å². The number of rotatable bonds is 2. The minimum Gasteiger partial charge on any atom is -0.387 e. The van der Waals surface area contributed by atoms with Gasteiger partial charge >= 0.3 is 0 Å². The van der Waals surface area contributed by atoms with Gasteiger partial charge in [-0.2, -0.15) is 0 Å². The van der Waals surface area contributed by atoms with Crippen molar-refractivity contribution in [3.63, 3.8) is 0 Å². The summed E-state index contributed by atoms with van der Waals surface area (Å²) in [5.74, 6) is 0.566. The van der Waals surface area contributed by atoms with Crippen molar-refractivity contribution in [2.75, 3.05) is 12.3 Å². The van der Waals surface area contributed by atoms with Gasteiger partial charge in [-0.05, 0) is 17.2 Å². The van der Waals surface area contributed by atoms with Gasteiger partial charge in [0.2, 0.25) is 0 Å². The van der Waals surface area contributed by atoms with E-state index in [4.69, 9.17) is 5.73 Å². The van der Waals surface area contributed by atoms with Crippen LogP contribution >= 0.6 is 0 Å². The molecule has 0 spiro atoms. The first-order chi connectivity index (χ1) is 9.24. The van der Waals surface area contributed by atoms with E-state index in [9.17, 15) is 5.11 Å². The number of nitrogens with zero attached hydrogens (tertiary/aromatic N) is 2. The first-order valence-electron chi connectivity index (χ1n) is 6.41. The van der Waals surface area contributed by atoms with Crippen LogP contribution in [-0.2, 0) is 13.1 Å². The molecule has 0 saturated carbocycles. The number of aromatic nitrogens is 1. The number of benzene rings is 1. The summed E-state index contributed by atoms with van der Waals surface area (Å²) in [7, 11) is 0. The smallest absolute Gasteiger partial charge is 0.127 e.